The number of ether oxygens (including phenoxy) is 1. The van der Waals surface area contributed by atoms with Crippen molar-refractivity contribution in [3.63, 3.8) is 0 Å². The number of carbonyl (C=O) groups is 1. The van der Waals surface area contributed by atoms with Gasteiger partial charge in [0.1, 0.15) is 10.7 Å². The molecule has 0 spiro atoms. The molecule has 0 radical (unpaired) electrons. The second kappa shape index (κ2) is 6.86. The third-order valence-corrected chi connectivity index (χ3v) is 3.44. The molecule has 0 aliphatic heterocycles. The first kappa shape index (κ1) is 15.9. The summed E-state index contributed by atoms with van der Waals surface area (Å²) in [6.07, 6.45) is 0. The first-order chi connectivity index (χ1) is 8.82. The summed E-state index contributed by atoms with van der Waals surface area (Å²) in [5.41, 5.74) is 6.25. The number of thiocarbonyl (C=S) groups is 1. The van der Waals surface area contributed by atoms with Crippen LogP contribution in [0, 0.1) is 0 Å². The lowest BCUT2D eigenvalue weighted by atomic mass is 10.2. The van der Waals surface area contributed by atoms with E-state index in [-0.39, 0.29) is 23.5 Å². The van der Waals surface area contributed by atoms with E-state index in [2.05, 4.69) is 15.9 Å². The predicted molar refractivity (Wildman–Crippen MR) is 83.4 cm³/mol. The van der Waals surface area contributed by atoms with Gasteiger partial charge < -0.3 is 15.4 Å². The highest BCUT2D eigenvalue weighted by atomic mass is 79.9. The summed E-state index contributed by atoms with van der Waals surface area (Å²) < 4.78 is 6.36. The normalized spacial score (nSPS) is 10.4. The van der Waals surface area contributed by atoms with Gasteiger partial charge in [-0.3, -0.25) is 4.79 Å². The van der Waals surface area contributed by atoms with Gasteiger partial charge in [0.15, 0.2) is 6.61 Å². The third-order valence-electron chi connectivity index (χ3n) is 2.73. The molecule has 1 aromatic carbocycles. The van der Waals surface area contributed by atoms with Gasteiger partial charge in [0.05, 0.1) is 5.56 Å². The number of carbonyl (C=O) groups excluding carboxylic acids is 1. The minimum absolute atomic E-state index is 0.0358. The molecule has 0 heterocycles. The number of hydrogen-bond acceptors (Lipinski definition) is 3. The Labute approximate surface area is 127 Å². The Kier molecular flexibility index (Phi) is 5.75. The van der Waals surface area contributed by atoms with Gasteiger partial charge in [-0.25, -0.2) is 0 Å². The summed E-state index contributed by atoms with van der Waals surface area (Å²) >= 11 is 8.30. The molecule has 1 aromatic rings. The number of halogens is 1. The summed E-state index contributed by atoms with van der Waals surface area (Å²) in [6.45, 7) is 3.85. The summed E-state index contributed by atoms with van der Waals surface area (Å²) in [5.74, 6) is 0.424. The molecule has 0 bridgehead atoms. The summed E-state index contributed by atoms with van der Waals surface area (Å²) in [7, 11) is 1.74. The molecule has 0 saturated carbocycles. The minimum atomic E-state index is -0.0909. The van der Waals surface area contributed by atoms with E-state index in [1.54, 1.807) is 24.1 Å². The Morgan fingerprint density at radius 2 is 2.16 bits per heavy atom. The molecule has 0 fully saturated rings. The first-order valence-electron chi connectivity index (χ1n) is 5.80. The number of amides is 1. The van der Waals surface area contributed by atoms with E-state index in [0.29, 0.717) is 11.3 Å². The largest absolute Gasteiger partial charge is 0.483 e. The zero-order valence-corrected chi connectivity index (χ0v) is 13.5. The van der Waals surface area contributed by atoms with Crippen molar-refractivity contribution in [2.75, 3.05) is 13.7 Å². The molecule has 0 aliphatic rings. The zero-order valence-electron chi connectivity index (χ0n) is 11.1. The standard InChI is InChI=1S/C13H17BrN2O2S/c1-8(2)16(3)12(17)7-18-11-5-4-9(14)6-10(11)13(15)19/h4-6,8H,7H2,1-3H3,(H2,15,19). The maximum atomic E-state index is 11.8. The molecule has 104 valence electrons. The van der Waals surface area contributed by atoms with Crippen molar-refractivity contribution in [1.82, 2.24) is 4.90 Å². The fourth-order valence-electron chi connectivity index (χ4n) is 1.35. The van der Waals surface area contributed by atoms with Crippen LogP contribution in [-0.4, -0.2) is 35.5 Å². The molecule has 0 atom stereocenters. The van der Waals surface area contributed by atoms with Crippen molar-refractivity contribution < 1.29 is 9.53 Å². The third kappa shape index (κ3) is 4.47. The number of likely N-dealkylation sites (N-methyl/N-ethyl adjacent to an activating group) is 1. The molecule has 0 aromatic heterocycles. The predicted octanol–water partition coefficient (Wildman–Crippen LogP) is 2.33. The highest BCUT2D eigenvalue weighted by Gasteiger charge is 2.14. The van der Waals surface area contributed by atoms with Crippen LogP contribution >= 0.6 is 28.1 Å². The molecule has 1 amide bonds. The van der Waals surface area contributed by atoms with Crippen LogP contribution in [0.15, 0.2) is 22.7 Å². The van der Waals surface area contributed by atoms with Crippen LogP contribution in [0.4, 0.5) is 0 Å². The molecule has 1 rings (SSSR count). The fourth-order valence-corrected chi connectivity index (χ4v) is 1.87. The van der Waals surface area contributed by atoms with Gasteiger partial charge in [0, 0.05) is 17.6 Å². The van der Waals surface area contributed by atoms with E-state index < -0.39 is 0 Å². The van der Waals surface area contributed by atoms with Crippen LogP contribution in [0.1, 0.15) is 19.4 Å². The van der Waals surface area contributed by atoms with Crippen molar-refractivity contribution in [2.45, 2.75) is 19.9 Å². The molecule has 0 aliphatic carbocycles. The summed E-state index contributed by atoms with van der Waals surface area (Å²) in [6, 6.07) is 5.46. The Morgan fingerprint density at radius 1 is 1.53 bits per heavy atom. The van der Waals surface area contributed by atoms with Crippen molar-refractivity contribution >= 4 is 39.0 Å². The van der Waals surface area contributed by atoms with E-state index in [9.17, 15) is 4.79 Å². The maximum Gasteiger partial charge on any atom is 0.260 e. The average Bonchev–Trinajstić information content (AvgIpc) is 2.35. The fraction of sp³-hybridized carbons (Fsp3) is 0.385. The number of nitrogens with two attached hydrogens (primary N) is 1. The second-order valence-corrected chi connectivity index (χ2v) is 5.75. The number of rotatable bonds is 5. The van der Waals surface area contributed by atoms with E-state index in [0.717, 1.165) is 4.47 Å². The lowest BCUT2D eigenvalue weighted by Gasteiger charge is -2.21. The zero-order chi connectivity index (χ0) is 14.6. The van der Waals surface area contributed by atoms with Gasteiger partial charge >= 0.3 is 0 Å². The Balaban J connectivity index is 2.78. The SMILES string of the molecule is CC(C)N(C)C(=O)COc1ccc(Br)cc1C(N)=S. The van der Waals surface area contributed by atoms with Crippen molar-refractivity contribution in [1.29, 1.82) is 0 Å². The molecule has 0 unspecified atom stereocenters. The van der Waals surface area contributed by atoms with Crippen LogP contribution in [0.25, 0.3) is 0 Å². The molecule has 0 saturated heterocycles. The topological polar surface area (TPSA) is 55.6 Å². The molecule has 19 heavy (non-hydrogen) atoms. The molecule has 4 nitrogen and oxygen atoms in total. The Hall–Kier alpha value is -1.14. The van der Waals surface area contributed by atoms with E-state index in [1.807, 2.05) is 19.9 Å². The lowest BCUT2D eigenvalue weighted by Crippen LogP contribution is -2.36. The summed E-state index contributed by atoms with van der Waals surface area (Å²) in [4.78, 5) is 13.7. The van der Waals surface area contributed by atoms with Gasteiger partial charge in [-0.1, -0.05) is 28.1 Å². The quantitative estimate of drug-likeness (QED) is 0.833. The smallest absolute Gasteiger partial charge is 0.260 e. The molecular formula is C13H17BrN2O2S. The lowest BCUT2D eigenvalue weighted by molar-refractivity contribution is -0.133. The molecule has 2 N–H and O–H groups in total. The average molecular weight is 345 g/mol. The monoisotopic (exact) mass is 344 g/mol. The van der Waals surface area contributed by atoms with Gasteiger partial charge in [0.2, 0.25) is 0 Å². The van der Waals surface area contributed by atoms with Crippen LogP contribution in [-0.2, 0) is 4.79 Å². The highest BCUT2D eigenvalue weighted by molar-refractivity contribution is 9.10. The maximum absolute atomic E-state index is 11.8. The Morgan fingerprint density at radius 3 is 2.68 bits per heavy atom. The Bertz CT molecular complexity index is 492. The number of nitrogens with zero attached hydrogens (tertiary/aromatic N) is 1. The summed E-state index contributed by atoms with van der Waals surface area (Å²) in [5, 5.41) is 0. The first-order valence-corrected chi connectivity index (χ1v) is 7.01. The number of hydrogen-bond donors (Lipinski definition) is 1. The molecule has 6 heteroatoms. The van der Waals surface area contributed by atoms with Crippen molar-refractivity contribution in [3.8, 4) is 5.75 Å². The van der Waals surface area contributed by atoms with Gasteiger partial charge in [-0.05, 0) is 32.0 Å². The minimum Gasteiger partial charge on any atom is -0.483 e. The molecular weight excluding hydrogens is 328 g/mol. The van der Waals surface area contributed by atoms with Crippen molar-refractivity contribution in [2.24, 2.45) is 5.73 Å². The van der Waals surface area contributed by atoms with Crippen LogP contribution < -0.4 is 10.5 Å². The van der Waals surface area contributed by atoms with Gasteiger partial charge in [0.25, 0.3) is 5.91 Å². The van der Waals surface area contributed by atoms with E-state index >= 15 is 0 Å². The van der Waals surface area contributed by atoms with Crippen LogP contribution in [0.3, 0.4) is 0 Å². The van der Waals surface area contributed by atoms with Gasteiger partial charge in [-0.2, -0.15) is 0 Å². The van der Waals surface area contributed by atoms with Crippen LogP contribution in [0.5, 0.6) is 5.75 Å². The number of benzene rings is 1. The van der Waals surface area contributed by atoms with Gasteiger partial charge in [-0.15, -0.1) is 0 Å². The highest BCUT2D eigenvalue weighted by Crippen LogP contribution is 2.23. The second-order valence-electron chi connectivity index (χ2n) is 4.39. The van der Waals surface area contributed by atoms with E-state index in [1.165, 1.54) is 0 Å². The van der Waals surface area contributed by atoms with Crippen LogP contribution in [0.2, 0.25) is 0 Å². The van der Waals surface area contributed by atoms with E-state index in [4.69, 9.17) is 22.7 Å². The van der Waals surface area contributed by atoms with Crippen molar-refractivity contribution in [3.05, 3.63) is 28.2 Å².